The standard InChI is InChI=1S/C15H34N4S/c1-16-6-4-7-18(3)12-13-19(14-15-20)9-5-8-17(2)11-10-16/h20H,4-15H2,1-3H3/p-1. The van der Waals surface area contributed by atoms with Crippen molar-refractivity contribution in [1.29, 1.82) is 0 Å². The molecule has 1 rings (SSSR count). The summed E-state index contributed by atoms with van der Waals surface area (Å²) >= 11 is 5.15. The van der Waals surface area contributed by atoms with Crippen LogP contribution in [0.25, 0.3) is 0 Å². The molecule has 0 saturated carbocycles. The lowest BCUT2D eigenvalue weighted by Crippen LogP contribution is -2.39. The minimum Gasteiger partial charge on any atom is -0.791 e. The molecule has 0 atom stereocenters. The molecule has 1 aliphatic rings. The van der Waals surface area contributed by atoms with Crippen molar-refractivity contribution in [3.8, 4) is 0 Å². The van der Waals surface area contributed by atoms with Gasteiger partial charge in [0.2, 0.25) is 0 Å². The molecule has 1 fully saturated rings. The number of rotatable bonds is 2. The molecule has 1 heterocycles. The highest BCUT2D eigenvalue weighted by atomic mass is 32.1. The molecule has 1 aliphatic heterocycles. The van der Waals surface area contributed by atoms with E-state index in [4.69, 9.17) is 12.6 Å². The van der Waals surface area contributed by atoms with Gasteiger partial charge in [0.1, 0.15) is 0 Å². The molecule has 5 heteroatoms. The van der Waals surface area contributed by atoms with Crippen molar-refractivity contribution in [2.45, 2.75) is 12.8 Å². The van der Waals surface area contributed by atoms with E-state index >= 15 is 0 Å². The minimum absolute atomic E-state index is 0.852. The van der Waals surface area contributed by atoms with Gasteiger partial charge in [0.25, 0.3) is 0 Å². The maximum atomic E-state index is 5.15. The maximum absolute atomic E-state index is 5.15. The van der Waals surface area contributed by atoms with Gasteiger partial charge in [0.05, 0.1) is 0 Å². The van der Waals surface area contributed by atoms with Gasteiger partial charge in [-0.2, -0.15) is 5.75 Å². The zero-order valence-corrected chi connectivity index (χ0v) is 14.5. The summed E-state index contributed by atoms with van der Waals surface area (Å²) in [5.74, 6) is 0.852. The van der Waals surface area contributed by atoms with Gasteiger partial charge in [-0.15, -0.1) is 0 Å². The number of likely N-dealkylation sites (N-methyl/N-ethyl adjacent to an activating group) is 3. The van der Waals surface area contributed by atoms with Gasteiger partial charge in [-0.3, -0.25) is 0 Å². The van der Waals surface area contributed by atoms with Crippen molar-refractivity contribution in [1.82, 2.24) is 19.6 Å². The first-order valence-electron chi connectivity index (χ1n) is 7.98. The van der Waals surface area contributed by atoms with E-state index in [0.717, 1.165) is 25.4 Å². The summed E-state index contributed by atoms with van der Waals surface area (Å²) in [6, 6.07) is 0. The Morgan fingerprint density at radius 3 is 1.60 bits per heavy atom. The third-order valence-corrected chi connectivity index (χ3v) is 4.35. The SMILES string of the molecule is CN1CCCN(C)CCN(CC[S-])CCCN(C)CC1. The van der Waals surface area contributed by atoms with E-state index in [-0.39, 0.29) is 0 Å². The van der Waals surface area contributed by atoms with E-state index in [1.54, 1.807) is 0 Å². The lowest BCUT2D eigenvalue weighted by Gasteiger charge is -2.29. The first-order valence-corrected chi connectivity index (χ1v) is 8.55. The molecule has 4 nitrogen and oxygen atoms in total. The summed E-state index contributed by atoms with van der Waals surface area (Å²) in [5.41, 5.74) is 0. The molecule has 0 aromatic carbocycles. The highest BCUT2D eigenvalue weighted by Crippen LogP contribution is 1.99. The van der Waals surface area contributed by atoms with Gasteiger partial charge in [-0.1, -0.05) is 0 Å². The van der Waals surface area contributed by atoms with Gasteiger partial charge in [-0.25, -0.2) is 0 Å². The summed E-state index contributed by atoms with van der Waals surface area (Å²) in [5, 5.41) is 0. The monoisotopic (exact) mass is 301 g/mol. The van der Waals surface area contributed by atoms with Gasteiger partial charge in [-0.05, 0) is 66.7 Å². The largest absolute Gasteiger partial charge is 0.791 e. The minimum atomic E-state index is 0.852. The lowest BCUT2D eigenvalue weighted by molar-refractivity contribution is 0.195. The molecule has 0 radical (unpaired) electrons. The molecule has 0 amide bonds. The van der Waals surface area contributed by atoms with Crippen molar-refractivity contribution < 1.29 is 0 Å². The Kier molecular flexibility index (Phi) is 9.90. The predicted octanol–water partition coefficient (Wildman–Crippen LogP) is 0.425. The van der Waals surface area contributed by atoms with Crippen LogP contribution in [0.4, 0.5) is 0 Å². The molecular weight excluding hydrogens is 268 g/mol. The molecule has 0 N–H and O–H groups in total. The molecule has 0 aliphatic carbocycles. The Morgan fingerprint density at radius 2 is 1.10 bits per heavy atom. The highest BCUT2D eigenvalue weighted by molar-refractivity contribution is 7.58. The average Bonchev–Trinajstić information content (AvgIpc) is 2.41. The summed E-state index contributed by atoms with van der Waals surface area (Å²) < 4.78 is 0. The van der Waals surface area contributed by atoms with Crippen LogP contribution in [0.5, 0.6) is 0 Å². The van der Waals surface area contributed by atoms with E-state index in [9.17, 15) is 0 Å². The quantitative estimate of drug-likeness (QED) is 0.684. The van der Waals surface area contributed by atoms with Crippen LogP contribution in [0.2, 0.25) is 0 Å². The first-order chi connectivity index (χ1) is 9.61. The maximum Gasteiger partial charge on any atom is 0.0108 e. The predicted molar refractivity (Wildman–Crippen MR) is 90.4 cm³/mol. The smallest absolute Gasteiger partial charge is 0.0108 e. The van der Waals surface area contributed by atoms with Crippen LogP contribution in [0.3, 0.4) is 0 Å². The van der Waals surface area contributed by atoms with Gasteiger partial charge >= 0.3 is 0 Å². The molecule has 120 valence electrons. The van der Waals surface area contributed by atoms with E-state index in [2.05, 4.69) is 40.7 Å². The second-order valence-corrected chi connectivity index (χ2v) is 6.57. The first kappa shape index (κ1) is 18.2. The Morgan fingerprint density at radius 1 is 0.650 bits per heavy atom. The Labute approximate surface area is 131 Å². The molecule has 0 unspecified atom stereocenters. The van der Waals surface area contributed by atoms with Crippen LogP contribution in [0, 0.1) is 0 Å². The summed E-state index contributed by atoms with van der Waals surface area (Å²) in [7, 11) is 6.72. The molecular formula is C15H33N4S-. The topological polar surface area (TPSA) is 13.0 Å². The van der Waals surface area contributed by atoms with Crippen molar-refractivity contribution in [2.75, 3.05) is 85.8 Å². The fraction of sp³-hybridized carbons (Fsp3) is 1.00. The summed E-state index contributed by atoms with van der Waals surface area (Å²) in [6.45, 7) is 10.5. The van der Waals surface area contributed by atoms with Crippen LogP contribution >= 0.6 is 0 Å². The van der Waals surface area contributed by atoms with E-state index in [1.165, 1.54) is 52.1 Å². The summed E-state index contributed by atoms with van der Waals surface area (Å²) in [4.78, 5) is 9.91. The number of hydrogen-bond acceptors (Lipinski definition) is 5. The third kappa shape index (κ3) is 8.47. The normalized spacial score (nSPS) is 24.6. The molecule has 0 spiro atoms. The Balaban J connectivity index is 2.44. The lowest BCUT2D eigenvalue weighted by atomic mass is 10.3. The van der Waals surface area contributed by atoms with E-state index < -0.39 is 0 Å². The van der Waals surface area contributed by atoms with E-state index in [1.807, 2.05) is 0 Å². The van der Waals surface area contributed by atoms with Crippen molar-refractivity contribution in [2.24, 2.45) is 0 Å². The van der Waals surface area contributed by atoms with Crippen molar-refractivity contribution >= 4 is 12.6 Å². The Bertz CT molecular complexity index is 240. The fourth-order valence-electron chi connectivity index (χ4n) is 2.63. The van der Waals surface area contributed by atoms with Gasteiger partial charge in [0, 0.05) is 26.2 Å². The third-order valence-electron chi connectivity index (χ3n) is 4.16. The van der Waals surface area contributed by atoms with Crippen LogP contribution in [0.1, 0.15) is 12.8 Å². The molecule has 0 aromatic heterocycles. The van der Waals surface area contributed by atoms with Gasteiger partial charge < -0.3 is 32.2 Å². The van der Waals surface area contributed by atoms with Crippen LogP contribution in [0.15, 0.2) is 0 Å². The fourth-order valence-corrected chi connectivity index (χ4v) is 2.89. The highest BCUT2D eigenvalue weighted by Gasteiger charge is 2.08. The van der Waals surface area contributed by atoms with Crippen LogP contribution in [-0.4, -0.2) is 105 Å². The molecule has 0 aromatic rings. The summed E-state index contributed by atoms with van der Waals surface area (Å²) in [6.07, 6.45) is 2.51. The zero-order valence-electron chi connectivity index (χ0n) is 13.7. The number of nitrogens with zero attached hydrogens (tertiary/aromatic N) is 4. The van der Waals surface area contributed by atoms with Crippen molar-refractivity contribution in [3.05, 3.63) is 0 Å². The molecule has 1 saturated heterocycles. The average molecular weight is 302 g/mol. The van der Waals surface area contributed by atoms with Crippen LogP contribution < -0.4 is 0 Å². The van der Waals surface area contributed by atoms with E-state index in [0.29, 0.717) is 0 Å². The molecule has 20 heavy (non-hydrogen) atoms. The van der Waals surface area contributed by atoms with Crippen LogP contribution in [-0.2, 0) is 12.6 Å². The zero-order chi connectivity index (χ0) is 14.8. The van der Waals surface area contributed by atoms with Gasteiger partial charge in [0.15, 0.2) is 0 Å². The second-order valence-electron chi connectivity index (χ2n) is 6.16. The van der Waals surface area contributed by atoms with Crippen molar-refractivity contribution in [3.63, 3.8) is 0 Å². The number of hydrogen-bond donors (Lipinski definition) is 0. The molecule has 0 bridgehead atoms. The second kappa shape index (κ2) is 10.9. The Hall–Kier alpha value is 0.190.